The highest BCUT2D eigenvalue weighted by Crippen LogP contribution is 2.18. The van der Waals surface area contributed by atoms with Crippen molar-refractivity contribution in [3.05, 3.63) is 64.7 Å². The normalized spacial score (nSPS) is 10.7. The molecular formula is C21H22N6O3S. The Labute approximate surface area is 183 Å². The monoisotopic (exact) mass is 438 g/mol. The molecule has 0 radical (unpaired) electrons. The Morgan fingerprint density at radius 1 is 1.10 bits per heavy atom. The third-order valence-electron chi connectivity index (χ3n) is 4.16. The summed E-state index contributed by atoms with van der Waals surface area (Å²) in [7, 11) is 5.49. The summed E-state index contributed by atoms with van der Waals surface area (Å²) in [4.78, 5) is 26.3. The summed E-state index contributed by atoms with van der Waals surface area (Å²) >= 11 is 1.13. The van der Waals surface area contributed by atoms with Crippen LogP contribution < -0.4 is 20.4 Å². The Kier molecular flexibility index (Phi) is 7.28. The fourth-order valence-corrected chi connectivity index (χ4v) is 3.23. The first-order valence-corrected chi connectivity index (χ1v) is 10.1. The second-order valence-corrected chi connectivity index (χ2v) is 7.70. The number of benzene rings is 2. The van der Waals surface area contributed by atoms with Crippen LogP contribution in [0.4, 0.5) is 10.8 Å². The molecule has 9 nitrogen and oxygen atoms in total. The molecule has 160 valence electrons. The molecule has 31 heavy (non-hydrogen) atoms. The fourth-order valence-electron chi connectivity index (χ4n) is 2.50. The lowest BCUT2D eigenvalue weighted by molar-refractivity contribution is -0.120. The van der Waals surface area contributed by atoms with Crippen LogP contribution in [0.2, 0.25) is 0 Å². The average Bonchev–Trinajstić information content (AvgIpc) is 3.20. The number of ether oxygens (including phenoxy) is 1. The van der Waals surface area contributed by atoms with Crippen molar-refractivity contribution in [1.82, 2.24) is 15.6 Å². The number of anilines is 2. The minimum atomic E-state index is -0.328. The molecule has 1 heterocycles. The predicted molar refractivity (Wildman–Crippen MR) is 121 cm³/mol. The zero-order valence-corrected chi connectivity index (χ0v) is 18.1. The van der Waals surface area contributed by atoms with Gasteiger partial charge in [-0.3, -0.25) is 14.9 Å². The van der Waals surface area contributed by atoms with E-state index in [1.54, 1.807) is 37.6 Å². The Balaban J connectivity index is 1.49. The molecule has 0 aliphatic carbocycles. The van der Waals surface area contributed by atoms with Gasteiger partial charge < -0.3 is 9.64 Å². The van der Waals surface area contributed by atoms with Crippen molar-refractivity contribution >= 4 is 40.2 Å². The largest absolute Gasteiger partial charge is 0.497 e. The van der Waals surface area contributed by atoms with Crippen molar-refractivity contribution in [1.29, 1.82) is 0 Å². The minimum Gasteiger partial charge on any atom is -0.497 e. The van der Waals surface area contributed by atoms with Crippen LogP contribution in [-0.2, 0) is 11.2 Å². The van der Waals surface area contributed by atoms with Gasteiger partial charge in [-0.2, -0.15) is 5.10 Å². The van der Waals surface area contributed by atoms with Gasteiger partial charge in [-0.05, 0) is 42.0 Å². The minimum absolute atomic E-state index is 0.00692. The SMILES string of the molecule is COc1ccc(C(=O)Nc2nnc(CC(=O)NN=Cc3ccc(N(C)C)cc3)s2)cc1. The molecule has 0 fully saturated rings. The van der Waals surface area contributed by atoms with Gasteiger partial charge in [0.1, 0.15) is 10.8 Å². The molecule has 0 saturated heterocycles. The number of rotatable bonds is 8. The van der Waals surface area contributed by atoms with Crippen LogP contribution in [0.1, 0.15) is 20.9 Å². The van der Waals surface area contributed by atoms with E-state index in [-0.39, 0.29) is 18.2 Å². The van der Waals surface area contributed by atoms with Gasteiger partial charge in [-0.15, -0.1) is 10.2 Å². The van der Waals surface area contributed by atoms with E-state index >= 15 is 0 Å². The van der Waals surface area contributed by atoms with Crippen molar-refractivity contribution in [2.75, 3.05) is 31.4 Å². The van der Waals surface area contributed by atoms with Crippen molar-refractivity contribution in [3.8, 4) is 5.75 Å². The zero-order chi connectivity index (χ0) is 22.2. The molecule has 0 aliphatic heterocycles. The molecule has 3 rings (SSSR count). The number of carbonyl (C=O) groups excluding carboxylic acids is 2. The van der Waals surface area contributed by atoms with E-state index in [0.29, 0.717) is 21.5 Å². The van der Waals surface area contributed by atoms with Gasteiger partial charge in [0, 0.05) is 25.3 Å². The molecule has 0 saturated carbocycles. The van der Waals surface area contributed by atoms with Gasteiger partial charge in [0.05, 0.1) is 19.7 Å². The third-order valence-corrected chi connectivity index (χ3v) is 5.00. The number of carbonyl (C=O) groups is 2. The van der Waals surface area contributed by atoms with Crippen molar-refractivity contribution in [2.45, 2.75) is 6.42 Å². The van der Waals surface area contributed by atoms with E-state index in [9.17, 15) is 9.59 Å². The van der Waals surface area contributed by atoms with Gasteiger partial charge in [-0.1, -0.05) is 23.5 Å². The number of nitrogens with zero attached hydrogens (tertiary/aromatic N) is 4. The topological polar surface area (TPSA) is 109 Å². The maximum atomic E-state index is 12.3. The first-order valence-electron chi connectivity index (χ1n) is 9.31. The number of hydrogen-bond donors (Lipinski definition) is 2. The maximum Gasteiger partial charge on any atom is 0.257 e. The van der Waals surface area contributed by atoms with Gasteiger partial charge in [0.25, 0.3) is 5.91 Å². The molecule has 0 bridgehead atoms. The molecule has 0 atom stereocenters. The molecule has 2 aromatic carbocycles. The lowest BCUT2D eigenvalue weighted by Gasteiger charge is -2.11. The molecule has 0 unspecified atom stereocenters. The summed E-state index contributed by atoms with van der Waals surface area (Å²) in [6.45, 7) is 0. The van der Waals surface area contributed by atoms with E-state index in [0.717, 1.165) is 22.6 Å². The number of amides is 2. The van der Waals surface area contributed by atoms with Crippen molar-refractivity contribution < 1.29 is 14.3 Å². The average molecular weight is 439 g/mol. The summed E-state index contributed by atoms with van der Waals surface area (Å²) in [5.74, 6) is 0.0130. The summed E-state index contributed by atoms with van der Waals surface area (Å²) < 4.78 is 5.07. The van der Waals surface area contributed by atoms with Gasteiger partial charge in [-0.25, -0.2) is 5.43 Å². The van der Waals surface area contributed by atoms with E-state index in [1.165, 1.54) is 0 Å². The Bertz CT molecular complexity index is 1060. The molecule has 2 N–H and O–H groups in total. The Morgan fingerprint density at radius 3 is 2.45 bits per heavy atom. The second kappa shape index (κ2) is 10.3. The summed E-state index contributed by atoms with van der Waals surface area (Å²) in [5, 5.41) is 15.3. The Hall–Kier alpha value is -3.79. The molecular weight excluding hydrogens is 416 g/mol. The third kappa shape index (κ3) is 6.34. The summed E-state index contributed by atoms with van der Waals surface area (Å²) in [6, 6.07) is 14.4. The number of hydrazone groups is 1. The lowest BCUT2D eigenvalue weighted by Crippen LogP contribution is -2.19. The first kappa shape index (κ1) is 21.9. The molecule has 0 spiro atoms. The predicted octanol–water partition coefficient (Wildman–Crippen LogP) is 2.56. The van der Waals surface area contributed by atoms with E-state index in [2.05, 4.69) is 26.0 Å². The van der Waals surface area contributed by atoms with Crippen LogP contribution in [0.25, 0.3) is 0 Å². The zero-order valence-electron chi connectivity index (χ0n) is 17.3. The first-order chi connectivity index (χ1) is 14.9. The van der Waals surface area contributed by atoms with Crippen LogP contribution in [0, 0.1) is 0 Å². The van der Waals surface area contributed by atoms with Crippen LogP contribution in [0.5, 0.6) is 5.75 Å². The summed E-state index contributed by atoms with van der Waals surface area (Å²) in [6.07, 6.45) is 1.57. The second-order valence-electron chi connectivity index (χ2n) is 6.64. The molecule has 1 aromatic heterocycles. The lowest BCUT2D eigenvalue weighted by atomic mass is 10.2. The quantitative estimate of drug-likeness (QED) is 0.413. The van der Waals surface area contributed by atoms with Crippen molar-refractivity contribution in [3.63, 3.8) is 0 Å². The highest BCUT2D eigenvalue weighted by molar-refractivity contribution is 7.15. The van der Waals surface area contributed by atoms with E-state index in [4.69, 9.17) is 4.74 Å². The molecule has 2 amide bonds. The van der Waals surface area contributed by atoms with E-state index in [1.807, 2.05) is 43.3 Å². The standard InChI is InChI=1S/C21H22N6O3S/c1-27(2)16-8-4-14(5-9-16)13-22-24-18(28)12-19-25-26-21(31-19)23-20(29)15-6-10-17(30-3)11-7-15/h4-11,13H,12H2,1-3H3,(H,24,28)(H,23,26,29). The van der Waals surface area contributed by atoms with Gasteiger partial charge in [0.2, 0.25) is 11.0 Å². The number of methoxy groups -OCH3 is 1. The Morgan fingerprint density at radius 2 is 1.81 bits per heavy atom. The highest BCUT2D eigenvalue weighted by atomic mass is 32.1. The number of aromatic nitrogens is 2. The molecule has 0 aliphatic rings. The summed E-state index contributed by atoms with van der Waals surface area (Å²) in [5.41, 5.74) is 4.87. The van der Waals surface area contributed by atoms with E-state index < -0.39 is 0 Å². The van der Waals surface area contributed by atoms with Crippen LogP contribution in [0.15, 0.2) is 53.6 Å². The molecule has 3 aromatic rings. The maximum absolute atomic E-state index is 12.3. The highest BCUT2D eigenvalue weighted by Gasteiger charge is 2.12. The fraction of sp³-hybridized carbons (Fsp3) is 0.190. The number of nitrogens with one attached hydrogen (secondary N) is 2. The van der Waals surface area contributed by atoms with Crippen LogP contribution in [0.3, 0.4) is 0 Å². The van der Waals surface area contributed by atoms with Gasteiger partial charge >= 0.3 is 0 Å². The van der Waals surface area contributed by atoms with Crippen molar-refractivity contribution in [2.24, 2.45) is 5.10 Å². The smallest absolute Gasteiger partial charge is 0.257 e. The number of hydrogen-bond acceptors (Lipinski definition) is 8. The van der Waals surface area contributed by atoms with Gasteiger partial charge in [0.15, 0.2) is 0 Å². The van der Waals surface area contributed by atoms with Crippen LogP contribution in [-0.4, -0.2) is 49.4 Å². The van der Waals surface area contributed by atoms with Crippen LogP contribution >= 0.6 is 11.3 Å². The molecule has 10 heteroatoms.